The van der Waals surface area contributed by atoms with E-state index in [1.807, 2.05) is 13.8 Å². The van der Waals surface area contributed by atoms with Gasteiger partial charge in [0, 0.05) is 25.7 Å². The Balaban J connectivity index is 3.35. The molecule has 3 N–H and O–H groups in total. The van der Waals surface area contributed by atoms with Crippen molar-refractivity contribution >= 4 is 17.4 Å². The molecular formula is C20H37N5O3. The minimum atomic E-state index is -0.612. The van der Waals surface area contributed by atoms with Crippen LogP contribution < -0.4 is 21.9 Å². The number of carbonyl (C=O) groups is 1. The number of carbonyl (C=O) groups excluding carboxylic acids is 1. The van der Waals surface area contributed by atoms with Gasteiger partial charge in [-0.2, -0.15) is 0 Å². The molecule has 0 aliphatic heterocycles. The van der Waals surface area contributed by atoms with E-state index in [4.69, 9.17) is 5.73 Å². The summed E-state index contributed by atoms with van der Waals surface area (Å²) in [7, 11) is 0. The zero-order valence-electron chi connectivity index (χ0n) is 18.2. The molecule has 0 radical (unpaired) electrons. The first-order valence-corrected chi connectivity index (χ1v) is 10.3. The number of hydrogen-bond acceptors (Lipinski definition) is 5. The van der Waals surface area contributed by atoms with Gasteiger partial charge in [0.15, 0.2) is 5.69 Å². The van der Waals surface area contributed by atoms with Crippen molar-refractivity contribution in [3.63, 3.8) is 0 Å². The molecule has 1 heterocycles. The molecule has 0 aliphatic carbocycles. The largest absolute Gasteiger partial charge is 0.383 e. The number of anilines is 2. The second-order valence-corrected chi connectivity index (χ2v) is 7.96. The Morgan fingerprint density at radius 3 is 2.29 bits per heavy atom. The number of amides is 1. The fourth-order valence-electron chi connectivity index (χ4n) is 3.15. The third kappa shape index (κ3) is 6.22. The van der Waals surface area contributed by atoms with E-state index in [0.717, 1.165) is 19.4 Å². The van der Waals surface area contributed by atoms with E-state index in [9.17, 15) is 14.4 Å². The summed E-state index contributed by atoms with van der Waals surface area (Å²) in [6.45, 7) is 14.0. The molecule has 0 bridgehead atoms. The Hall–Kier alpha value is -2.09. The van der Waals surface area contributed by atoms with Crippen LogP contribution in [0.5, 0.6) is 0 Å². The monoisotopic (exact) mass is 395 g/mol. The summed E-state index contributed by atoms with van der Waals surface area (Å²) in [6.07, 6.45) is 2.30. The lowest BCUT2D eigenvalue weighted by molar-refractivity contribution is -0.120. The molecule has 0 spiro atoms. The minimum absolute atomic E-state index is 0.0556. The summed E-state index contributed by atoms with van der Waals surface area (Å²) in [4.78, 5) is 43.7. The zero-order chi connectivity index (χ0) is 21.4. The molecule has 28 heavy (non-hydrogen) atoms. The van der Waals surface area contributed by atoms with E-state index in [0.29, 0.717) is 25.4 Å². The fraction of sp³-hybridized carbons (Fsp3) is 0.750. The van der Waals surface area contributed by atoms with Gasteiger partial charge < -0.3 is 10.6 Å². The van der Waals surface area contributed by atoms with Gasteiger partial charge in [-0.1, -0.05) is 34.1 Å². The highest BCUT2D eigenvalue weighted by atomic mass is 16.2. The molecule has 1 rings (SSSR count). The fourth-order valence-corrected chi connectivity index (χ4v) is 3.15. The van der Waals surface area contributed by atoms with Crippen LogP contribution in [0.3, 0.4) is 0 Å². The van der Waals surface area contributed by atoms with Crippen molar-refractivity contribution in [2.45, 2.75) is 73.4 Å². The molecule has 0 saturated heterocycles. The molecule has 0 saturated carbocycles. The first kappa shape index (κ1) is 23.9. The number of rotatable bonds is 11. The molecular weight excluding hydrogens is 358 g/mol. The number of nitrogens with two attached hydrogens (primary N) is 1. The normalized spacial score (nSPS) is 11.6. The molecule has 8 heteroatoms. The van der Waals surface area contributed by atoms with Crippen LogP contribution >= 0.6 is 0 Å². The number of aromatic nitrogens is 2. The van der Waals surface area contributed by atoms with Crippen LogP contribution in [-0.4, -0.2) is 46.0 Å². The van der Waals surface area contributed by atoms with Gasteiger partial charge in [-0.15, -0.1) is 0 Å². The number of hydrogen-bond donors (Lipinski definition) is 2. The lowest BCUT2D eigenvalue weighted by Gasteiger charge is -2.31. The predicted octanol–water partition coefficient (Wildman–Crippen LogP) is 2.03. The molecule has 1 aromatic heterocycles. The maximum absolute atomic E-state index is 13.2. The molecule has 1 aromatic rings. The van der Waals surface area contributed by atoms with E-state index >= 15 is 0 Å². The number of nitrogens with one attached hydrogen (secondary N) is 1. The van der Waals surface area contributed by atoms with E-state index in [1.54, 1.807) is 0 Å². The second-order valence-electron chi connectivity index (χ2n) is 7.96. The van der Waals surface area contributed by atoms with Gasteiger partial charge in [0.2, 0.25) is 5.91 Å². The second kappa shape index (κ2) is 11.0. The van der Waals surface area contributed by atoms with Crippen LogP contribution in [-0.2, 0) is 11.3 Å². The summed E-state index contributed by atoms with van der Waals surface area (Å²) in [5.74, 6) is 0.293. The summed E-state index contributed by atoms with van der Waals surface area (Å²) >= 11 is 0. The van der Waals surface area contributed by atoms with Gasteiger partial charge in [0.05, 0.1) is 6.54 Å². The topological polar surface area (TPSA) is 104 Å². The summed E-state index contributed by atoms with van der Waals surface area (Å²) in [5.41, 5.74) is 5.12. The van der Waals surface area contributed by atoms with Gasteiger partial charge in [-0.25, -0.2) is 4.79 Å². The molecule has 0 atom stereocenters. The van der Waals surface area contributed by atoms with E-state index in [2.05, 4.69) is 37.6 Å². The molecule has 0 aromatic carbocycles. The lowest BCUT2D eigenvalue weighted by atomic mass is 10.1. The number of aromatic amines is 1. The Labute approximate surface area is 167 Å². The Bertz CT molecular complexity index is 751. The predicted molar refractivity (Wildman–Crippen MR) is 115 cm³/mol. The standard InChI is InChI=1S/C20H37N5O3/c1-7-9-11-24(16(26)13-23(15(5)6)12-14(3)4)17-18(21)25(10-8-2)20(28)22-19(17)27/h14-15H,7-13,21H2,1-6H3,(H,22,27,28). The Morgan fingerprint density at radius 1 is 1.14 bits per heavy atom. The highest BCUT2D eigenvalue weighted by Crippen LogP contribution is 2.19. The first-order chi connectivity index (χ1) is 13.1. The molecule has 8 nitrogen and oxygen atoms in total. The van der Waals surface area contributed by atoms with Crippen molar-refractivity contribution in [1.82, 2.24) is 14.5 Å². The van der Waals surface area contributed by atoms with Crippen LogP contribution in [0.15, 0.2) is 9.59 Å². The quantitative estimate of drug-likeness (QED) is 0.596. The Kier molecular flexibility index (Phi) is 9.45. The lowest BCUT2D eigenvalue weighted by Crippen LogP contribution is -2.47. The maximum atomic E-state index is 13.2. The van der Waals surface area contributed by atoms with Crippen molar-refractivity contribution in [3.05, 3.63) is 20.8 Å². The highest BCUT2D eigenvalue weighted by molar-refractivity contribution is 5.96. The third-order valence-corrected chi connectivity index (χ3v) is 4.64. The smallest absolute Gasteiger partial charge is 0.330 e. The van der Waals surface area contributed by atoms with Crippen molar-refractivity contribution in [1.29, 1.82) is 0 Å². The summed E-state index contributed by atoms with van der Waals surface area (Å²) in [5, 5.41) is 0. The van der Waals surface area contributed by atoms with E-state index in [1.165, 1.54) is 9.47 Å². The van der Waals surface area contributed by atoms with Crippen molar-refractivity contribution in [2.24, 2.45) is 5.92 Å². The SMILES string of the molecule is CCCCN(C(=O)CN(CC(C)C)C(C)C)c1c(N)n(CCC)c(=O)[nH]c1=O. The minimum Gasteiger partial charge on any atom is -0.383 e. The average molecular weight is 396 g/mol. The number of H-pyrrole nitrogens is 1. The first-order valence-electron chi connectivity index (χ1n) is 10.3. The summed E-state index contributed by atoms with van der Waals surface area (Å²) < 4.78 is 1.33. The molecule has 0 unspecified atom stereocenters. The molecule has 160 valence electrons. The zero-order valence-corrected chi connectivity index (χ0v) is 18.2. The van der Waals surface area contributed by atoms with Crippen LogP contribution in [0.1, 0.15) is 60.8 Å². The van der Waals surface area contributed by atoms with Crippen LogP contribution in [0.4, 0.5) is 11.5 Å². The van der Waals surface area contributed by atoms with Crippen LogP contribution in [0.25, 0.3) is 0 Å². The molecule has 0 fully saturated rings. The molecule has 0 aliphatic rings. The van der Waals surface area contributed by atoms with Crippen LogP contribution in [0.2, 0.25) is 0 Å². The van der Waals surface area contributed by atoms with Gasteiger partial charge in [-0.3, -0.25) is 24.0 Å². The molecule has 1 amide bonds. The number of nitrogens with zero attached hydrogens (tertiary/aromatic N) is 3. The van der Waals surface area contributed by atoms with Gasteiger partial charge in [-0.05, 0) is 32.6 Å². The number of nitrogen functional groups attached to an aromatic ring is 1. The average Bonchev–Trinajstić information content (AvgIpc) is 2.60. The van der Waals surface area contributed by atoms with E-state index < -0.39 is 11.2 Å². The summed E-state index contributed by atoms with van der Waals surface area (Å²) in [6, 6.07) is 0.198. The van der Waals surface area contributed by atoms with Crippen molar-refractivity contribution in [3.8, 4) is 0 Å². The van der Waals surface area contributed by atoms with Gasteiger partial charge >= 0.3 is 5.69 Å². The van der Waals surface area contributed by atoms with Crippen molar-refractivity contribution < 1.29 is 4.79 Å². The van der Waals surface area contributed by atoms with Gasteiger partial charge in [0.25, 0.3) is 5.56 Å². The highest BCUT2D eigenvalue weighted by Gasteiger charge is 2.26. The number of unbranched alkanes of at least 4 members (excludes halogenated alkanes) is 1. The van der Waals surface area contributed by atoms with Crippen LogP contribution in [0, 0.1) is 5.92 Å². The Morgan fingerprint density at radius 2 is 1.79 bits per heavy atom. The van der Waals surface area contributed by atoms with E-state index in [-0.39, 0.29) is 30.0 Å². The third-order valence-electron chi connectivity index (χ3n) is 4.64. The van der Waals surface area contributed by atoms with Gasteiger partial charge in [0.1, 0.15) is 5.82 Å². The maximum Gasteiger partial charge on any atom is 0.330 e. The van der Waals surface area contributed by atoms with Crippen molar-refractivity contribution in [2.75, 3.05) is 30.3 Å².